The second-order valence-corrected chi connectivity index (χ2v) is 7.37. The topological polar surface area (TPSA) is 61.0 Å². The highest BCUT2D eigenvalue weighted by Gasteiger charge is 2.14. The molecule has 0 amide bonds. The lowest BCUT2D eigenvalue weighted by molar-refractivity contribution is 0.397. The van der Waals surface area contributed by atoms with Crippen LogP contribution in [0, 0.1) is 13.8 Å². The number of benzene rings is 2. The molecule has 6 heteroatoms. The molecule has 0 bridgehead atoms. The lowest BCUT2D eigenvalue weighted by atomic mass is 10.1. The highest BCUT2D eigenvalue weighted by Crippen LogP contribution is 2.19. The minimum absolute atomic E-state index is 0.121. The summed E-state index contributed by atoms with van der Waals surface area (Å²) in [7, 11) is 0. The second-order valence-electron chi connectivity index (χ2n) is 6.98. The Labute approximate surface area is 170 Å². The van der Waals surface area contributed by atoms with E-state index in [9.17, 15) is 4.79 Å². The molecular formula is C22H26N4OS. The van der Waals surface area contributed by atoms with Crippen LogP contribution in [-0.4, -0.2) is 26.5 Å². The molecule has 0 saturated carbocycles. The lowest BCUT2D eigenvalue weighted by Crippen LogP contribution is -2.36. The van der Waals surface area contributed by atoms with Crippen LogP contribution < -0.4 is 10.9 Å². The van der Waals surface area contributed by atoms with Crippen LogP contribution in [0.1, 0.15) is 36.7 Å². The number of nitrogens with zero attached hydrogens (tertiary/aromatic N) is 2. The number of hydrogen-bond donors (Lipinski definition) is 2. The zero-order chi connectivity index (χ0) is 20.1. The van der Waals surface area contributed by atoms with Crippen molar-refractivity contribution in [1.82, 2.24) is 14.9 Å². The second kappa shape index (κ2) is 8.97. The first-order valence-electron chi connectivity index (χ1n) is 9.59. The molecule has 0 atom stereocenters. The largest absolute Gasteiger partial charge is 0.342 e. The summed E-state index contributed by atoms with van der Waals surface area (Å²) in [5, 5.41) is 4.61. The van der Waals surface area contributed by atoms with Crippen molar-refractivity contribution in [3.05, 3.63) is 69.8 Å². The van der Waals surface area contributed by atoms with E-state index in [2.05, 4.69) is 47.0 Å². The number of H-pyrrole nitrogens is 1. The van der Waals surface area contributed by atoms with E-state index >= 15 is 0 Å². The summed E-state index contributed by atoms with van der Waals surface area (Å²) in [6.45, 7) is 7.57. The van der Waals surface area contributed by atoms with Gasteiger partial charge in [-0.15, -0.1) is 0 Å². The molecule has 0 aliphatic carbocycles. The van der Waals surface area contributed by atoms with Gasteiger partial charge in [0.25, 0.3) is 5.56 Å². The molecule has 0 radical (unpaired) electrons. The van der Waals surface area contributed by atoms with Gasteiger partial charge in [0.05, 0.1) is 17.4 Å². The van der Waals surface area contributed by atoms with E-state index in [0.29, 0.717) is 28.4 Å². The van der Waals surface area contributed by atoms with E-state index in [0.717, 1.165) is 25.1 Å². The number of nitrogens with one attached hydrogen (secondary N) is 2. The van der Waals surface area contributed by atoms with Crippen molar-refractivity contribution in [2.24, 2.45) is 0 Å². The molecule has 1 heterocycles. The molecule has 2 N–H and O–H groups in total. The molecule has 3 rings (SSSR count). The minimum atomic E-state index is -0.121. The maximum Gasteiger partial charge on any atom is 0.258 e. The van der Waals surface area contributed by atoms with E-state index in [1.807, 2.05) is 30.3 Å². The van der Waals surface area contributed by atoms with Gasteiger partial charge in [-0.3, -0.25) is 4.79 Å². The fourth-order valence-corrected chi connectivity index (χ4v) is 3.34. The highest BCUT2D eigenvalue weighted by atomic mass is 32.1. The normalized spacial score (nSPS) is 10.8. The third-order valence-corrected chi connectivity index (χ3v) is 5.28. The third-order valence-electron chi connectivity index (χ3n) is 4.92. The molecular weight excluding hydrogens is 368 g/mol. The molecule has 0 spiro atoms. The number of unbranched alkanes of at least 4 members (excludes halogenated alkanes) is 1. The number of aromatic nitrogens is 2. The first-order chi connectivity index (χ1) is 13.5. The zero-order valence-corrected chi connectivity index (χ0v) is 17.4. The SMILES string of the molecule is CCCCN(Cc1nc2ccccc2c(=O)[nH]1)C(=S)Nc1cccc(C)c1C. The maximum absolute atomic E-state index is 12.4. The maximum atomic E-state index is 12.4. The number of aryl methyl sites for hydroxylation is 1. The van der Waals surface area contributed by atoms with Crippen molar-refractivity contribution in [3.63, 3.8) is 0 Å². The van der Waals surface area contributed by atoms with Crippen molar-refractivity contribution in [3.8, 4) is 0 Å². The Kier molecular flexibility index (Phi) is 6.41. The van der Waals surface area contributed by atoms with Gasteiger partial charge in [0.2, 0.25) is 0 Å². The molecule has 2 aromatic carbocycles. The van der Waals surface area contributed by atoms with Gasteiger partial charge in [-0.25, -0.2) is 4.98 Å². The smallest absolute Gasteiger partial charge is 0.258 e. The van der Waals surface area contributed by atoms with Crippen LogP contribution in [0.3, 0.4) is 0 Å². The Bertz CT molecular complexity index is 1040. The fraction of sp³-hybridized carbons (Fsp3) is 0.318. The van der Waals surface area contributed by atoms with Gasteiger partial charge in [0.15, 0.2) is 5.11 Å². The average Bonchev–Trinajstić information content (AvgIpc) is 2.68. The van der Waals surface area contributed by atoms with Gasteiger partial charge in [0, 0.05) is 12.2 Å². The van der Waals surface area contributed by atoms with E-state index in [4.69, 9.17) is 12.2 Å². The molecule has 1 aromatic heterocycles. The Morgan fingerprint density at radius 1 is 1.18 bits per heavy atom. The van der Waals surface area contributed by atoms with E-state index in [-0.39, 0.29) is 5.56 Å². The highest BCUT2D eigenvalue weighted by molar-refractivity contribution is 7.80. The molecule has 0 aliphatic rings. The van der Waals surface area contributed by atoms with Gasteiger partial charge < -0.3 is 15.2 Å². The average molecular weight is 395 g/mol. The molecule has 146 valence electrons. The molecule has 0 aliphatic heterocycles. The molecule has 5 nitrogen and oxygen atoms in total. The first kappa shape index (κ1) is 20.0. The van der Waals surface area contributed by atoms with Crippen LogP contribution in [0.2, 0.25) is 0 Å². The number of hydrogen-bond acceptors (Lipinski definition) is 3. The van der Waals surface area contributed by atoms with Gasteiger partial charge in [-0.05, 0) is 61.8 Å². The standard InChI is InChI=1S/C22H26N4OS/c1-4-5-13-26(22(28)24-18-12-8-9-15(2)16(18)3)14-20-23-19-11-7-6-10-17(19)21(27)25-20/h6-12H,4-5,13-14H2,1-3H3,(H,24,28)(H,23,25,27). The van der Waals surface area contributed by atoms with Gasteiger partial charge >= 0.3 is 0 Å². The number of para-hydroxylation sites is 1. The number of anilines is 1. The van der Waals surface area contributed by atoms with Crippen molar-refractivity contribution >= 4 is 33.9 Å². The van der Waals surface area contributed by atoms with Crippen molar-refractivity contribution in [1.29, 1.82) is 0 Å². The van der Waals surface area contributed by atoms with Crippen molar-refractivity contribution in [2.75, 3.05) is 11.9 Å². The van der Waals surface area contributed by atoms with Crippen LogP contribution >= 0.6 is 12.2 Å². The van der Waals surface area contributed by atoms with Crippen molar-refractivity contribution < 1.29 is 0 Å². The zero-order valence-electron chi connectivity index (χ0n) is 16.6. The van der Waals surface area contributed by atoms with Gasteiger partial charge in [-0.1, -0.05) is 37.6 Å². The Hall–Kier alpha value is -2.73. The van der Waals surface area contributed by atoms with E-state index in [1.54, 1.807) is 6.07 Å². The number of fused-ring (bicyclic) bond motifs is 1. The fourth-order valence-electron chi connectivity index (χ4n) is 3.07. The van der Waals surface area contributed by atoms with Crippen LogP contribution in [0.15, 0.2) is 47.3 Å². The predicted octanol–water partition coefficient (Wildman–Crippen LogP) is 4.54. The Morgan fingerprint density at radius 3 is 2.75 bits per heavy atom. The van der Waals surface area contributed by atoms with E-state index in [1.165, 1.54) is 11.1 Å². The Balaban J connectivity index is 1.84. The number of thiocarbonyl (C=S) groups is 1. The summed E-state index contributed by atoms with van der Waals surface area (Å²) >= 11 is 5.70. The first-order valence-corrected chi connectivity index (χ1v) is 10.0. The molecule has 28 heavy (non-hydrogen) atoms. The third kappa shape index (κ3) is 4.57. The van der Waals surface area contributed by atoms with Crippen LogP contribution in [0.5, 0.6) is 0 Å². The lowest BCUT2D eigenvalue weighted by Gasteiger charge is -2.26. The molecule has 3 aromatic rings. The van der Waals surface area contributed by atoms with Gasteiger partial charge in [-0.2, -0.15) is 0 Å². The minimum Gasteiger partial charge on any atom is -0.342 e. The van der Waals surface area contributed by atoms with E-state index < -0.39 is 0 Å². The molecule has 0 unspecified atom stereocenters. The van der Waals surface area contributed by atoms with Crippen LogP contribution in [0.25, 0.3) is 10.9 Å². The van der Waals surface area contributed by atoms with Gasteiger partial charge in [0.1, 0.15) is 5.82 Å². The van der Waals surface area contributed by atoms with Crippen molar-refractivity contribution in [2.45, 2.75) is 40.2 Å². The number of aromatic amines is 1. The summed E-state index contributed by atoms with van der Waals surface area (Å²) in [5.41, 5.74) is 3.98. The van der Waals surface area contributed by atoms with Crippen LogP contribution in [0.4, 0.5) is 5.69 Å². The summed E-state index contributed by atoms with van der Waals surface area (Å²) < 4.78 is 0. The molecule has 0 fully saturated rings. The predicted molar refractivity (Wildman–Crippen MR) is 120 cm³/mol. The van der Waals surface area contributed by atoms with Crippen LogP contribution in [-0.2, 0) is 6.54 Å². The summed E-state index contributed by atoms with van der Waals surface area (Å²) in [5.74, 6) is 0.616. The quantitative estimate of drug-likeness (QED) is 0.601. The summed E-state index contributed by atoms with van der Waals surface area (Å²) in [6, 6.07) is 13.5. The summed E-state index contributed by atoms with van der Waals surface area (Å²) in [4.78, 5) is 22.0. The number of rotatable bonds is 6. The summed E-state index contributed by atoms with van der Waals surface area (Å²) in [6.07, 6.45) is 2.07. The monoisotopic (exact) mass is 394 g/mol. The Morgan fingerprint density at radius 2 is 1.96 bits per heavy atom. The molecule has 0 saturated heterocycles.